The lowest BCUT2D eigenvalue weighted by Crippen LogP contribution is -2.55. The third-order valence-corrected chi connectivity index (χ3v) is 4.76. The predicted octanol–water partition coefficient (Wildman–Crippen LogP) is 2.17. The average molecular weight is 345 g/mol. The van der Waals surface area contributed by atoms with E-state index in [1.54, 1.807) is 0 Å². The van der Waals surface area contributed by atoms with E-state index in [0.717, 1.165) is 49.4 Å². The van der Waals surface area contributed by atoms with Gasteiger partial charge < -0.3 is 10.5 Å². The Kier molecular flexibility index (Phi) is 5.23. The van der Waals surface area contributed by atoms with Gasteiger partial charge in [-0.15, -0.1) is 0 Å². The highest BCUT2D eigenvalue weighted by atomic mass is 79.9. The van der Waals surface area contributed by atoms with E-state index in [-0.39, 0.29) is 11.6 Å². The molecule has 0 aliphatic carbocycles. The number of morpholine rings is 1. The van der Waals surface area contributed by atoms with Crippen LogP contribution in [0, 0.1) is 0 Å². The molecule has 0 saturated carbocycles. The highest BCUT2D eigenvalue weighted by molar-refractivity contribution is 9.10. The van der Waals surface area contributed by atoms with Crippen molar-refractivity contribution in [3.63, 3.8) is 0 Å². The van der Waals surface area contributed by atoms with Gasteiger partial charge in [0.2, 0.25) is 0 Å². The van der Waals surface area contributed by atoms with Crippen molar-refractivity contribution in [1.82, 2.24) is 14.7 Å². The van der Waals surface area contributed by atoms with E-state index >= 15 is 0 Å². The molecule has 0 spiro atoms. The van der Waals surface area contributed by atoms with E-state index in [1.807, 2.05) is 10.9 Å². The molecule has 1 atom stereocenters. The van der Waals surface area contributed by atoms with Crippen molar-refractivity contribution < 1.29 is 4.74 Å². The SMILES string of the molecule is CCCn1ncc(Br)c1C(N)C(C)(C)N1CCOCC1. The average Bonchev–Trinajstić information content (AvgIpc) is 2.80. The Labute approximate surface area is 129 Å². The number of halogens is 1. The summed E-state index contributed by atoms with van der Waals surface area (Å²) in [5.41, 5.74) is 7.57. The smallest absolute Gasteiger partial charge is 0.0712 e. The first-order valence-electron chi connectivity index (χ1n) is 7.28. The number of hydrogen-bond donors (Lipinski definition) is 1. The summed E-state index contributed by atoms with van der Waals surface area (Å²) in [6.45, 7) is 10.9. The van der Waals surface area contributed by atoms with Gasteiger partial charge in [-0.05, 0) is 36.2 Å². The Hall–Kier alpha value is -0.430. The molecular formula is C14H25BrN4O. The van der Waals surface area contributed by atoms with E-state index in [9.17, 15) is 0 Å². The monoisotopic (exact) mass is 344 g/mol. The molecule has 1 aromatic heterocycles. The lowest BCUT2D eigenvalue weighted by Gasteiger charge is -2.44. The van der Waals surface area contributed by atoms with Crippen LogP contribution in [0.3, 0.4) is 0 Å². The molecule has 1 fully saturated rings. The van der Waals surface area contributed by atoms with Gasteiger partial charge in [0.1, 0.15) is 0 Å². The second-order valence-corrected chi connectivity index (χ2v) is 6.69. The molecule has 5 nitrogen and oxygen atoms in total. The number of hydrogen-bond acceptors (Lipinski definition) is 4. The molecule has 6 heteroatoms. The third-order valence-electron chi connectivity index (χ3n) is 4.15. The van der Waals surface area contributed by atoms with E-state index < -0.39 is 0 Å². The Balaban J connectivity index is 2.24. The molecule has 1 saturated heterocycles. The number of nitrogens with two attached hydrogens (primary N) is 1. The minimum Gasteiger partial charge on any atom is -0.379 e. The van der Waals surface area contributed by atoms with Crippen molar-refractivity contribution in [3.8, 4) is 0 Å². The minimum absolute atomic E-state index is 0.0935. The molecule has 1 aromatic rings. The maximum atomic E-state index is 6.61. The zero-order chi connectivity index (χ0) is 14.8. The normalized spacial score (nSPS) is 19.2. The quantitative estimate of drug-likeness (QED) is 0.889. The fraction of sp³-hybridized carbons (Fsp3) is 0.786. The van der Waals surface area contributed by atoms with Crippen LogP contribution in [0.2, 0.25) is 0 Å². The zero-order valence-electron chi connectivity index (χ0n) is 12.6. The Morgan fingerprint density at radius 1 is 1.45 bits per heavy atom. The van der Waals surface area contributed by atoms with Gasteiger partial charge in [0.25, 0.3) is 0 Å². The summed E-state index contributed by atoms with van der Waals surface area (Å²) in [6, 6.07) is -0.0935. The minimum atomic E-state index is -0.127. The van der Waals surface area contributed by atoms with Crippen molar-refractivity contribution in [2.45, 2.75) is 45.3 Å². The van der Waals surface area contributed by atoms with Gasteiger partial charge in [0, 0.05) is 25.2 Å². The second-order valence-electron chi connectivity index (χ2n) is 5.83. The molecule has 114 valence electrons. The van der Waals surface area contributed by atoms with Crippen LogP contribution in [-0.4, -0.2) is 46.5 Å². The Morgan fingerprint density at radius 2 is 2.10 bits per heavy atom. The molecule has 2 rings (SSSR count). The first kappa shape index (κ1) is 15.9. The van der Waals surface area contributed by atoms with Gasteiger partial charge in [-0.3, -0.25) is 9.58 Å². The fourth-order valence-electron chi connectivity index (χ4n) is 2.74. The summed E-state index contributed by atoms with van der Waals surface area (Å²) in [7, 11) is 0. The van der Waals surface area contributed by atoms with Gasteiger partial charge in [-0.25, -0.2) is 0 Å². The van der Waals surface area contributed by atoms with Crippen molar-refractivity contribution >= 4 is 15.9 Å². The van der Waals surface area contributed by atoms with Crippen molar-refractivity contribution in [1.29, 1.82) is 0 Å². The largest absolute Gasteiger partial charge is 0.379 e. The number of aryl methyl sites for hydroxylation is 1. The van der Waals surface area contributed by atoms with Crippen LogP contribution in [0.5, 0.6) is 0 Å². The van der Waals surface area contributed by atoms with Crippen LogP contribution in [-0.2, 0) is 11.3 Å². The highest BCUT2D eigenvalue weighted by Gasteiger charge is 2.37. The van der Waals surface area contributed by atoms with E-state index in [0.29, 0.717) is 0 Å². The maximum absolute atomic E-state index is 6.61. The van der Waals surface area contributed by atoms with Gasteiger partial charge in [-0.1, -0.05) is 6.92 Å². The number of nitrogens with zero attached hydrogens (tertiary/aromatic N) is 3. The molecule has 0 bridgehead atoms. The standard InChI is InChI=1S/C14H25BrN4O/c1-4-5-19-12(11(15)10-17-19)13(16)14(2,3)18-6-8-20-9-7-18/h10,13H,4-9,16H2,1-3H3. The van der Waals surface area contributed by atoms with E-state index in [2.05, 4.69) is 46.7 Å². The summed E-state index contributed by atoms with van der Waals surface area (Å²) >= 11 is 3.60. The van der Waals surface area contributed by atoms with Gasteiger partial charge in [0.15, 0.2) is 0 Å². The summed E-state index contributed by atoms with van der Waals surface area (Å²) in [6.07, 6.45) is 2.89. The third kappa shape index (κ3) is 3.08. The zero-order valence-corrected chi connectivity index (χ0v) is 14.2. The summed E-state index contributed by atoms with van der Waals surface area (Å²) in [5.74, 6) is 0. The Morgan fingerprint density at radius 3 is 2.70 bits per heavy atom. The van der Waals surface area contributed by atoms with Crippen molar-refractivity contribution in [2.75, 3.05) is 26.3 Å². The van der Waals surface area contributed by atoms with Gasteiger partial charge in [0.05, 0.1) is 35.6 Å². The van der Waals surface area contributed by atoms with Gasteiger partial charge >= 0.3 is 0 Å². The number of aromatic nitrogens is 2. The molecule has 20 heavy (non-hydrogen) atoms. The molecule has 1 aliphatic rings. The van der Waals surface area contributed by atoms with Crippen LogP contribution in [0.4, 0.5) is 0 Å². The second kappa shape index (κ2) is 6.56. The van der Waals surface area contributed by atoms with E-state index in [4.69, 9.17) is 10.5 Å². The molecular weight excluding hydrogens is 320 g/mol. The predicted molar refractivity (Wildman–Crippen MR) is 83.6 cm³/mol. The molecule has 2 heterocycles. The van der Waals surface area contributed by atoms with Crippen LogP contribution in [0.25, 0.3) is 0 Å². The lowest BCUT2D eigenvalue weighted by molar-refractivity contribution is -0.0200. The number of ether oxygens (including phenoxy) is 1. The molecule has 1 aliphatic heterocycles. The topological polar surface area (TPSA) is 56.3 Å². The lowest BCUT2D eigenvalue weighted by atomic mass is 9.90. The molecule has 1 unspecified atom stereocenters. The maximum Gasteiger partial charge on any atom is 0.0712 e. The summed E-state index contributed by atoms with van der Waals surface area (Å²) < 4.78 is 8.47. The molecule has 2 N–H and O–H groups in total. The first-order valence-corrected chi connectivity index (χ1v) is 8.07. The van der Waals surface area contributed by atoms with Crippen molar-refractivity contribution in [2.24, 2.45) is 5.73 Å². The van der Waals surface area contributed by atoms with Crippen molar-refractivity contribution in [3.05, 3.63) is 16.4 Å². The van der Waals surface area contributed by atoms with Crippen LogP contribution < -0.4 is 5.73 Å². The molecule has 0 amide bonds. The summed E-state index contributed by atoms with van der Waals surface area (Å²) in [5, 5.41) is 4.43. The highest BCUT2D eigenvalue weighted by Crippen LogP contribution is 2.33. The van der Waals surface area contributed by atoms with Crippen LogP contribution >= 0.6 is 15.9 Å². The first-order chi connectivity index (χ1) is 9.48. The molecule has 0 aromatic carbocycles. The number of rotatable bonds is 5. The van der Waals surface area contributed by atoms with Crippen LogP contribution in [0.1, 0.15) is 38.9 Å². The summed E-state index contributed by atoms with van der Waals surface area (Å²) in [4.78, 5) is 2.41. The van der Waals surface area contributed by atoms with E-state index in [1.165, 1.54) is 0 Å². The Bertz CT molecular complexity index is 440. The fourth-order valence-corrected chi connectivity index (χ4v) is 3.28. The van der Waals surface area contributed by atoms with Crippen LogP contribution in [0.15, 0.2) is 10.7 Å². The molecule has 0 radical (unpaired) electrons. The van der Waals surface area contributed by atoms with Gasteiger partial charge in [-0.2, -0.15) is 5.10 Å².